The van der Waals surface area contributed by atoms with Crippen LogP contribution in [0, 0.1) is 10.6 Å². The summed E-state index contributed by atoms with van der Waals surface area (Å²) in [5.41, 5.74) is 2.33. The Morgan fingerprint density at radius 2 is 2.11 bits per heavy atom. The predicted octanol–water partition coefficient (Wildman–Crippen LogP) is 3.16. The van der Waals surface area contributed by atoms with Gasteiger partial charge in [-0.1, -0.05) is 12.8 Å². The number of halogens is 1. The largest absolute Gasteiger partial charge is 0.269 e. The van der Waals surface area contributed by atoms with Crippen molar-refractivity contribution in [3.8, 4) is 0 Å². The summed E-state index contributed by atoms with van der Waals surface area (Å²) < 4.78 is 5.19. The first-order valence-corrected chi connectivity index (χ1v) is 7.54. The zero-order chi connectivity index (χ0) is 12.5. The first-order chi connectivity index (χ1) is 8.72. The highest BCUT2D eigenvalue weighted by molar-refractivity contribution is 14.1. The summed E-state index contributed by atoms with van der Waals surface area (Å²) >= 11 is 2.27. The lowest BCUT2D eigenvalue weighted by Crippen LogP contribution is -2.07. The highest BCUT2D eigenvalue weighted by Gasteiger charge is 2.17. The van der Waals surface area contributed by atoms with Crippen LogP contribution in [0.3, 0.4) is 0 Å². The molecule has 0 spiro atoms. The standard InChI is InChI=1S/C13H17IN4/c1-10-8-17(16-13(10)14)9-11-6-7-18(15-11)12-4-2-3-5-12/h6-8,12H,2-5,9H2,1H3. The smallest absolute Gasteiger partial charge is 0.126 e. The number of hydrogen-bond donors (Lipinski definition) is 0. The molecule has 0 aromatic carbocycles. The van der Waals surface area contributed by atoms with Crippen molar-refractivity contribution in [3.63, 3.8) is 0 Å². The average Bonchev–Trinajstić information content (AvgIpc) is 3.02. The molecule has 2 heterocycles. The molecule has 2 aromatic rings. The van der Waals surface area contributed by atoms with E-state index < -0.39 is 0 Å². The van der Waals surface area contributed by atoms with Crippen LogP contribution in [0.25, 0.3) is 0 Å². The Morgan fingerprint density at radius 3 is 2.78 bits per heavy atom. The topological polar surface area (TPSA) is 35.6 Å². The van der Waals surface area contributed by atoms with E-state index in [4.69, 9.17) is 0 Å². The van der Waals surface area contributed by atoms with E-state index in [0.29, 0.717) is 6.04 Å². The fourth-order valence-corrected chi connectivity index (χ4v) is 2.99. The van der Waals surface area contributed by atoms with Gasteiger partial charge in [0.25, 0.3) is 0 Å². The van der Waals surface area contributed by atoms with Crippen LogP contribution in [0.5, 0.6) is 0 Å². The molecule has 0 N–H and O–H groups in total. The van der Waals surface area contributed by atoms with E-state index in [2.05, 4.69) is 62.9 Å². The van der Waals surface area contributed by atoms with E-state index in [9.17, 15) is 0 Å². The van der Waals surface area contributed by atoms with Crippen LogP contribution in [0.2, 0.25) is 0 Å². The van der Waals surface area contributed by atoms with Gasteiger partial charge in [-0.15, -0.1) is 0 Å². The fourth-order valence-electron chi connectivity index (χ4n) is 2.58. The van der Waals surface area contributed by atoms with Crippen molar-refractivity contribution in [3.05, 3.63) is 33.4 Å². The molecular formula is C13H17IN4. The monoisotopic (exact) mass is 356 g/mol. The lowest BCUT2D eigenvalue weighted by molar-refractivity contribution is 0.460. The van der Waals surface area contributed by atoms with Crippen molar-refractivity contribution >= 4 is 22.6 Å². The third kappa shape index (κ3) is 2.46. The van der Waals surface area contributed by atoms with E-state index in [-0.39, 0.29) is 0 Å². The van der Waals surface area contributed by atoms with E-state index in [1.807, 2.05) is 4.68 Å². The van der Waals surface area contributed by atoms with E-state index in [1.54, 1.807) is 0 Å². The summed E-state index contributed by atoms with van der Waals surface area (Å²) in [6.45, 7) is 2.85. The van der Waals surface area contributed by atoms with Gasteiger partial charge in [-0.25, -0.2) is 0 Å². The second-order valence-corrected chi connectivity index (χ2v) is 6.05. The molecule has 0 unspecified atom stereocenters. The first kappa shape index (κ1) is 12.2. The van der Waals surface area contributed by atoms with Crippen LogP contribution >= 0.6 is 22.6 Å². The van der Waals surface area contributed by atoms with E-state index in [0.717, 1.165) is 15.9 Å². The molecule has 96 valence electrons. The predicted molar refractivity (Wildman–Crippen MR) is 78.5 cm³/mol. The lowest BCUT2D eigenvalue weighted by atomic mass is 10.3. The van der Waals surface area contributed by atoms with Gasteiger partial charge < -0.3 is 0 Å². The van der Waals surface area contributed by atoms with Crippen molar-refractivity contribution in [2.75, 3.05) is 0 Å². The quantitative estimate of drug-likeness (QED) is 0.792. The van der Waals surface area contributed by atoms with E-state index >= 15 is 0 Å². The third-order valence-electron chi connectivity index (χ3n) is 3.57. The molecule has 0 bridgehead atoms. The first-order valence-electron chi connectivity index (χ1n) is 6.46. The van der Waals surface area contributed by atoms with Gasteiger partial charge >= 0.3 is 0 Å². The van der Waals surface area contributed by atoms with Gasteiger partial charge in [-0.2, -0.15) is 10.2 Å². The zero-order valence-electron chi connectivity index (χ0n) is 10.5. The van der Waals surface area contributed by atoms with Crippen LogP contribution in [0.15, 0.2) is 18.5 Å². The number of rotatable bonds is 3. The Kier molecular flexibility index (Phi) is 3.41. The number of aryl methyl sites for hydroxylation is 1. The van der Waals surface area contributed by atoms with Gasteiger partial charge in [0, 0.05) is 18.0 Å². The summed E-state index contributed by atoms with van der Waals surface area (Å²) in [5, 5.41) is 9.15. The molecule has 18 heavy (non-hydrogen) atoms. The normalized spacial score (nSPS) is 16.6. The van der Waals surface area contributed by atoms with E-state index in [1.165, 1.54) is 31.2 Å². The van der Waals surface area contributed by atoms with Crippen LogP contribution in [-0.4, -0.2) is 19.6 Å². The molecule has 0 radical (unpaired) electrons. The van der Waals surface area contributed by atoms with Crippen molar-refractivity contribution < 1.29 is 0 Å². The van der Waals surface area contributed by atoms with Gasteiger partial charge in [0.2, 0.25) is 0 Å². The Bertz CT molecular complexity index is 517. The number of nitrogens with zero attached hydrogens (tertiary/aromatic N) is 4. The summed E-state index contributed by atoms with van der Waals surface area (Å²) in [6, 6.07) is 2.74. The SMILES string of the molecule is Cc1cn(Cc2ccn(C3CCCC3)n2)nc1I. The third-order valence-corrected chi connectivity index (χ3v) is 4.64. The molecule has 5 heteroatoms. The van der Waals surface area contributed by atoms with Gasteiger partial charge in [0.1, 0.15) is 3.70 Å². The minimum absolute atomic E-state index is 0.623. The minimum Gasteiger partial charge on any atom is -0.269 e. The van der Waals surface area contributed by atoms with Crippen LogP contribution in [0.1, 0.15) is 43.0 Å². The molecule has 0 saturated heterocycles. The molecule has 3 rings (SSSR count). The Balaban J connectivity index is 1.73. The molecule has 1 fully saturated rings. The molecular weight excluding hydrogens is 339 g/mol. The molecule has 0 amide bonds. The Labute approximate surface area is 121 Å². The number of aromatic nitrogens is 4. The second-order valence-electron chi connectivity index (χ2n) is 5.03. The highest BCUT2D eigenvalue weighted by atomic mass is 127. The van der Waals surface area contributed by atoms with Gasteiger partial charge in [-0.3, -0.25) is 9.36 Å². The number of hydrogen-bond acceptors (Lipinski definition) is 2. The van der Waals surface area contributed by atoms with Crippen LogP contribution in [-0.2, 0) is 6.54 Å². The maximum Gasteiger partial charge on any atom is 0.126 e. The summed E-state index contributed by atoms with van der Waals surface area (Å²) in [5.74, 6) is 0. The molecule has 4 nitrogen and oxygen atoms in total. The van der Waals surface area contributed by atoms with Crippen molar-refractivity contribution in [1.82, 2.24) is 19.6 Å². The van der Waals surface area contributed by atoms with Crippen molar-refractivity contribution in [2.45, 2.75) is 45.2 Å². The van der Waals surface area contributed by atoms with Crippen molar-refractivity contribution in [2.24, 2.45) is 0 Å². The van der Waals surface area contributed by atoms with Crippen molar-refractivity contribution in [1.29, 1.82) is 0 Å². The summed E-state index contributed by atoms with van der Waals surface area (Å²) in [4.78, 5) is 0. The van der Waals surface area contributed by atoms with Crippen LogP contribution in [0.4, 0.5) is 0 Å². The van der Waals surface area contributed by atoms with Crippen LogP contribution < -0.4 is 0 Å². The zero-order valence-corrected chi connectivity index (χ0v) is 12.7. The Hall–Kier alpha value is -0.850. The second kappa shape index (κ2) is 5.03. The van der Waals surface area contributed by atoms with Gasteiger partial charge in [0.15, 0.2) is 0 Å². The molecule has 0 aliphatic heterocycles. The maximum atomic E-state index is 4.68. The summed E-state index contributed by atoms with van der Waals surface area (Å²) in [6.07, 6.45) is 9.44. The van der Waals surface area contributed by atoms with Gasteiger partial charge in [0.05, 0.1) is 18.3 Å². The fraction of sp³-hybridized carbons (Fsp3) is 0.538. The molecule has 0 atom stereocenters. The Morgan fingerprint density at radius 1 is 1.33 bits per heavy atom. The molecule has 1 aliphatic carbocycles. The molecule has 1 aliphatic rings. The van der Waals surface area contributed by atoms with Gasteiger partial charge in [-0.05, 0) is 48.4 Å². The molecule has 2 aromatic heterocycles. The average molecular weight is 356 g/mol. The lowest BCUT2D eigenvalue weighted by Gasteiger charge is -2.08. The minimum atomic E-state index is 0.623. The maximum absolute atomic E-state index is 4.68. The highest BCUT2D eigenvalue weighted by Crippen LogP contribution is 2.28. The summed E-state index contributed by atoms with van der Waals surface area (Å²) in [7, 11) is 0. The molecule has 1 saturated carbocycles.